The van der Waals surface area contributed by atoms with Gasteiger partial charge in [0.25, 0.3) is 0 Å². The Labute approximate surface area is 246 Å². The van der Waals surface area contributed by atoms with Crippen LogP contribution in [-0.2, 0) is 9.53 Å². The summed E-state index contributed by atoms with van der Waals surface area (Å²) in [6.07, 6.45) is 3.14. The summed E-state index contributed by atoms with van der Waals surface area (Å²) >= 11 is 6.86. The number of amides is 1. The van der Waals surface area contributed by atoms with Crippen molar-refractivity contribution in [2.75, 3.05) is 61.5 Å². The van der Waals surface area contributed by atoms with Crippen molar-refractivity contribution in [2.45, 2.75) is 37.5 Å². The maximum atomic E-state index is 12.6. The number of aliphatic hydroxyl groups is 1. The molecule has 2 aromatic heterocycles. The Bertz CT molecular complexity index is 1570. The lowest BCUT2D eigenvalue weighted by Gasteiger charge is -2.38. The zero-order valence-corrected chi connectivity index (χ0v) is 23.5. The Balaban J connectivity index is 1.20. The molecule has 218 valence electrons. The fourth-order valence-corrected chi connectivity index (χ4v) is 5.45. The molecule has 0 bridgehead atoms. The average molecular weight is 592 g/mol. The zero-order chi connectivity index (χ0) is 29.2. The van der Waals surface area contributed by atoms with Crippen LogP contribution in [0.4, 0.5) is 23.1 Å². The summed E-state index contributed by atoms with van der Waals surface area (Å²) in [5.74, 6) is 0.533. The predicted molar refractivity (Wildman–Crippen MR) is 154 cm³/mol. The minimum Gasteiger partial charge on any atom is -0.389 e. The van der Waals surface area contributed by atoms with Crippen LogP contribution in [0.15, 0.2) is 18.3 Å². The monoisotopic (exact) mass is 591 g/mol. The molecule has 1 saturated carbocycles. The number of nitrogens with zero attached hydrogens (tertiary/aromatic N) is 8. The summed E-state index contributed by atoms with van der Waals surface area (Å²) in [7, 11) is 0. The van der Waals surface area contributed by atoms with Gasteiger partial charge in [-0.2, -0.15) is 20.0 Å². The van der Waals surface area contributed by atoms with E-state index in [0.717, 1.165) is 12.8 Å². The number of rotatable bonds is 8. The van der Waals surface area contributed by atoms with Crippen molar-refractivity contribution in [2.24, 2.45) is 0 Å². The van der Waals surface area contributed by atoms with E-state index in [1.54, 1.807) is 12.1 Å². The molecule has 3 aromatic rings. The third-order valence-corrected chi connectivity index (χ3v) is 7.96. The second-order valence-corrected chi connectivity index (χ2v) is 11.0. The molecule has 1 amide bonds. The van der Waals surface area contributed by atoms with Gasteiger partial charge in [0, 0.05) is 32.2 Å². The first-order chi connectivity index (χ1) is 20.4. The molecule has 0 unspecified atom stereocenters. The molecule has 15 heteroatoms. The highest BCUT2D eigenvalue weighted by molar-refractivity contribution is 6.36. The Morgan fingerprint density at radius 2 is 1.98 bits per heavy atom. The van der Waals surface area contributed by atoms with E-state index in [9.17, 15) is 20.4 Å². The molecule has 2 atom stereocenters. The number of β-amino-alcohol motifs (C(OH)–C–C–N with tert-alkyl or cyclic N) is 1. The summed E-state index contributed by atoms with van der Waals surface area (Å²) < 4.78 is 6.75. The molecule has 42 heavy (non-hydrogen) atoms. The lowest BCUT2D eigenvalue weighted by molar-refractivity contribution is -0.125. The van der Waals surface area contributed by atoms with Gasteiger partial charge in [0.1, 0.15) is 6.07 Å². The molecule has 2 saturated heterocycles. The van der Waals surface area contributed by atoms with Gasteiger partial charge in [-0.05, 0) is 31.4 Å². The molecule has 1 aliphatic carbocycles. The standard InChI is InChI=1S/C27H30ClN11O3/c28-24-20(34-27-35-25(32-17-1-2-17)26-31-13-18(12-30)39(26)36-27)9-16(11-29)10-21(24)38-4-3-19(22(40)14-38)33-23(41)15-37-5-7-42-8-6-37/h9-10,13,17,19,22,40H,1-8,14-15H2,(H,33,41)(H2,32,34,35,36)/t19-,22-/m1/s1. The Hall–Kier alpha value is -4.21. The predicted octanol–water partition coefficient (Wildman–Crippen LogP) is 1.23. The van der Waals surface area contributed by atoms with Gasteiger partial charge in [-0.25, -0.2) is 4.98 Å². The second-order valence-electron chi connectivity index (χ2n) is 10.7. The number of anilines is 4. The summed E-state index contributed by atoms with van der Waals surface area (Å²) in [6, 6.07) is 7.41. The van der Waals surface area contributed by atoms with Gasteiger partial charge < -0.3 is 30.7 Å². The quantitative estimate of drug-likeness (QED) is 0.295. The molecule has 0 spiro atoms. The van der Waals surface area contributed by atoms with Gasteiger partial charge >= 0.3 is 0 Å². The minimum atomic E-state index is -0.835. The highest BCUT2D eigenvalue weighted by atomic mass is 35.5. The van der Waals surface area contributed by atoms with E-state index in [1.165, 1.54) is 10.7 Å². The lowest BCUT2D eigenvalue weighted by Crippen LogP contribution is -2.56. The topological polar surface area (TPSA) is 180 Å². The van der Waals surface area contributed by atoms with E-state index in [4.69, 9.17) is 16.3 Å². The van der Waals surface area contributed by atoms with E-state index in [-0.39, 0.29) is 36.7 Å². The highest BCUT2D eigenvalue weighted by Crippen LogP contribution is 2.37. The number of fused-ring (bicyclic) bond motifs is 1. The Morgan fingerprint density at radius 1 is 1.17 bits per heavy atom. The van der Waals surface area contributed by atoms with Crippen molar-refractivity contribution in [3.05, 3.63) is 34.6 Å². The van der Waals surface area contributed by atoms with Crippen molar-refractivity contribution in [3.8, 4) is 12.1 Å². The van der Waals surface area contributed by atoms with Gasteiger partial charge in [-0.15, -0.1) is 5.10 Å². The third kappa shape index (κ3) is 6.03. The molecule has 1 aromatic carbocycles. The molecular formula is C27H30ClN11O3. The Kier molecular flexibility index (Phi) is 7.95. The van der Waals surface area contributed by atoms with Crippen LogP contribution in [0, 0.1) is 22.7 Å². The number of carbonyl (C=O) groups is 1. The van der Waals surface area contributed by atoms with E-state index in [2.05, 4.69) is 43.2 Å². The number of benzene rings is 1. The van der Waals surface area contributed by atoms with E-state index in [1.807, 2.05) is 9.80 Å². The molecule has 14 nitrogen and oxygen atoms in total. The largest absolute Gasteiger partial charge is 0.389 e. The number of nitriles is 2. The highest BCUT2D eigenvalue weighted by Gasteiger charge is 2.31. The number of aliphatic hydroxyl groups excluding tert-OH is 1. The minimum absolute atomic E-state index is 0.129. The van der Waals surface area contributed by atoms with Crippen molar-refractivity contribution in [1.29, 1.82) is 10.5 Å². The van der Waals surface area contributed by atoms with Crippen LogP contribution >= 0.6 is 11.6 Å². The number of nitrogens with one attached hydrogen (secondary N) is 3. The van der Waals surface area contributed by atoms with Crippen LogP contribution < -0.4 is 20.9 Å². The molecule has 4 N–H and O–H groups in total. The van der Waals surface area contributed by atoms with Gasteiger partial charge in [0.15, 0.2) is 17.2 Å². The first kappa shape index (κ1) is 27.9. The SMILES string of the molecule is N#Cc1cc(Nc2nc(NC3CC3)c3ncc(C#N)n3n2)c(Cl)c(N2CC[C@@H](NC(=O)CN3CCOCC3)[C@H](O)C2)c1. The fourth-order valence-electron chi connectivity index (χ4n) is 5.18. The number of morpholine rings is 1. The van der Waals surface area contributed by atoms with E-state index < -0.39 is 12.1 Å². The van der Waals surface area contributed by atoms with Crippen molar-refractivity contribution >= 4 is 46.3 Å². The molecule has 0 radical (unpaired) electrons. The van der Waals surface area contributed by atoms with Crippen LogP contribution in [0.1, 0.15) is 30.5 Å². The van der Waals surface area contributed by atoms with Crippen LogP contribution in [0.25, 0.3) is 5.65 Å². The number of halogens is 1. The van der Waals surface area contributed by atoms with Gasteiger partial charge in [0.2, 0.25) is 11.9 Å². The lowest BCUT2D eigenvalue weighted by atomic mass is 10.0. The van der Waals surface area contributed by atoms with Gasteiger partial charge in [0.05, 0.1) is 66.1 Å². The number of hydrogen-bond acceptors (Lipinski definition) is 12. The maximum Gasteiger partial charge on any atom is 0.247 e. The number of piperidine rings is 1. The van der Waals surface area contributed by atoms with Crippen LogP contribution in [-0.4, -0.2) is 99.6 Å². The van der Waals surface area contributed by atoms with E-state index in [0.29, 0.717) is 72.7 Å². The van der Waals surface area contributed by atoms with Crippen molar-refractivity contribution < 1.29 is 14.6 Å². The molecule has 3 fully saturated rings. The number of hydrogen-bond donors (Lipinski definition) is 4. The van der Waals surface area contributed by atoms with Gasteiger partial charge in [-0.1, -0.05) is 11.6 Å². The smallest absolute Gasteiger partial charge is 0.247 e. The normalized spacial score (nSPS) is 21.0. The van der Waals surface area contributed by atoms with Crippen LogP contribution in [0.2, 0.25) is 5.02 Å². The van der Waals surface area contributed by atoms with Crippen LogP contribution in [0.5, 0.6) is 0 Å². The first-order valence-corrected chi connectivity index (χ1v) is 14.2. The zero-order valence-electron chi connectivity index (χ0n) is 22.8. The molecular weight excluding hydrogens is 562 g/mol. The molecule has 2 aliphatic heterocycles. The second kappa shape index (κ2) is 12.0. The molecule has 6 rings (SSSR count). The summed E-state index contributed by atoms with van der Waals surface area (Å²) in [5.41, 5.74) is 2.01. The van der Waals surface area contributed by atoms with Crippen molar-refractivity contribution in [3.63, 3.8) is 0 Å². The van der Waals surface area contributed by atoms with Crippen LogP contribution in [0.3, 0.4) is 0 Å². The number of carbonyl (C=O) groups excluding carboxylic acids is 1. The first-order valence-electron chi connectivity index (χ1n) is 13.9. The summed E-state index contributed by atoms with van der Waals surface area (Å²) in [4.78, 5) is 25.4. The molecule has 4 heterocycles. The van der Waals surface area contributed by atoms with E-state index >= 15 is 0 Å². The van der Waals surface area contributed by atoms with Gasteiger partial charge in [-0.3, -0.25) is 9.69 Å². The average Bonchev–Trinajstić information content (AvgIpc) is 3.71. The maximum absolute atomic E-state index is 12.6. The Morgan fingerprint density at radius 3 is 2.69 bits per heavy atom. The fraction of sp³-hybridized carbons (Fsp3) is 0.481. The summed E-state index contributed by atoms with van der Waals surface area (Å²) in [5, 5.41) is 44.4. The molecule has 3 aliphatic rings. The third-order valence-electron chi connectivity index (χ3n) is 7.56. The summed E-state index contributed by atoms with van der Waals surface area (Å²) in [6.45, 7) is 3.62. The number of ether oxygens (including phenoxy) is 1. The number of imidazole rings is 1. The number of aromatic nitrogens is 4. The van der Waals surface area contributed by atoms with Crippen molar-refractivity contribution in [1.82, 2.24) is 29.8 Å².